The average molecular weight is 216 g/mol. The number of carbonyl (C=O) groups is 2. The molecule has 4 N–H and O–H groups in total. The van der Waals surface area contributed by atoms with Gasteiger partial charge >= 0.3 is 5.97 Å². The van der Waals surface area contributed by atoms with Crippen molar-refractivity contribution >= 4 is 11.9 Å². The molecular formula is C9H16N2O4. The van der Waals surface area contributed by atoms with Gasteiger partial charge in [-0.1, -0.05) is 6.92 Å². The van der Waals surface area contributed by atoms with E-state index in [2.05, 4.69) is 5.32 Å². The number of ether oxygens (including phenoxy) is 1. The molecule has 1 amide bonds. The van der Waals surface area contributed by atoms with E-state index in [0.29, 0.717) is 19.4 Å². The molecule has 0 aromatic carbocycles. The van der Waals surface area contributed by atoms with Crippen LogP contribution in [-0.4, -0.2) is 41.8 Å². The molecule has 0 bridgehead atoms. The zero-order valence-electron chi connectivity index (χ0n) is 8.66. The minimum absolute atomic E-state index is 0.148. The number of hydrogen-bond donors (Lipinski definition) is 3. The van der Waals surface area contributed by atoms with Crippen molar-refractivity contribution in [2.24, 2.45) is 5.73 Å². The first-order valence-corrected chi connectivity index (χ1v) is 4.90. The van der Waals surface area contributed by atoms with Crippen molar-refractivity contribution in [3.05, 3.63) is 0 Å². The van der Waals surface area contributed by atoms with Crippen LogP contribution in [0.1, 0.15) is 19.8 Å². The van der Waals surface area contributed by atoms with E-state index in [9.17, 15) is 9.59 Å². The Morgan fingerprint density at radius 1 is 1.67 bits per heavy atom. The maximum atomic E-state index is 11.7. The predicted molar refractivity (Wildman–Crippen MR) is 52.2 cm³/mol. The Balaban J connectivity index is 2.57. The van der Waals surface area contributed by atoms with Crippen LogP contribution < -0.4 is 11.1 Å². The van der Waals surface area contributed by atoms with Gasteiger partial charge in [-0.05, 0) is 12.8 Å². The van der Waals surface area contributed by atoms with Crippen LogP contribution in [0.25, 0.3) is 0 Å². The molecule has 86 valence electrons. The monoisotopic (exact) mass is 216 g/mol. The molecule has 0 aromatic rings. The summed E-state index contributed by atoms with van der Waals surface area (Å²) in [6, 6.07) is -0.876. The minimum Gasteiger partial charge on any atom is -0.480 e. The van der Waals surface area contributed by atoms with Gasteiger partial charge in [0.25, 0.3) is 0 Å². The SMILES string of the molecule is CC[C@@H](NC(=O)C1(N)CCOC1)C(=O)O. The van der Waals surface area contributed by atoms with Crippen LogP contribution in [0.4, 0.5) is 0 Å². The molecule has 1 heterocycles. The van der Waals surface area contributed by atoms with Gasteiger partial charge in [0.1, 0.15) is 11.6 Å². The van der Waals surface area contributed by atoms with Crippen molar-refractivity contribution in [3.63, 3.8) is 0 Å². The van der Waals surface area contributed by atoms with E-state index < -0.39 is 23.5 Å². The van der Waals surface area contributed by atoms with Crippen molar-refractivity contribution in [3.8, 4) is 0 Å². The molecule has 1 aliphatic rings. The third-order valence-corrected chi connectivity index (χ3v) is 2.52. The molecular weight excluding hydrogens is 200 g/mol. The second-order valence-corrected chi connectivity index (χ2v) is 3.73. The number of amides is 1. The average Bonchev–Trinajstić information content (AvgIpc) is 2.61. The lowest BCUT2D eigenvalue weighted by molar-refractivity contribution is -0.142. The summed E-state index contributed by atoms with van der Waals surface area (Å²) in [7, 11) is 0. The molecule has 1 aliphatic heterocycles. The van der Waals surface area contributed by atoms with Gasteiger partial charge in [0.15, 0.2) is 0 Å². The van der Waals surface area contributed by atoms with Crippen molar-refractivity contribution in [1.82, 2.24) is 5.32 Å². The number of hydrogen-bond acceptors (Lipinski definition) is 4. The normalized spacial score (nSPS) is 27.3. The number of carboxylic acid groups (broad SMARTS) is 1. The molecule has 0 saturated carbocycles. The van der Waals surface area contributed by atoms with Crippen LogP contribution in [0.5, 0.6) is 0 Å². The third kappa shape index (κ3) is 2.66. The van der Waals surface area contributed by atoms with Gasteiger partial charge in [-0.25, -0.2) is 4.79 Å². The summed E-state index contributed by atoms with van der Waals surface area (Å²) in [5.74, 6) is -1.50. The molecule has 0 aliphatic carbocycles. The Morgan fingerprint density at radius 3 is 2.73 bits per heavy atom. The standard InChI is InChI=1S/C9H16N2O4/c1-2-6(7(12)13)11-8(14)9(10)3-4-15-5-9/h6H,2-5,10H2,1H3,(H,11,14)(H,12,13)/t6-,9?/m1/s1. The Kier molecular flexibility index (Phi) is 3.65. The predicted octanol–water partition coefficient (Wildman–Crippen LogP) is -0.916. The Hall–Kier alpha value is -1.14. The first-order valence-electron chi connectivity index (χ1n) is 4.90. The van der Waals surface area contributed by atoms with Gasteiger partial charge in [0, 0.05) is 6.61 Å². The van der Waals surface area contributed by atoms with Crippen molar-refractivity contribution in [1.29, 1.82) is 0 Å². The summed E-state index contributed by atoms with van der Waals surface area (Å²) >= 11 is 0. The van der Waals surface area contributed by atoms with Gasteiger partial charge in [0.05, 0.1) is 6.61 Å². The van der Waals surface area contributed by atoms with Gasteiger partial charge in [0.2, 0.25) is 5.91 Å². The number of aliphatic carboxylic acids is 1. The van der Waals surface area contributed by atoms with Crippen molar-refractivity contribution < 1.29 is 19.4 Å². The molecule has 0 spiro atoms. The van der Waals surface area contributed by atoms with Crippen LogP contribution in [0.3, 0.4) is 0 Å². The largest absolute Gasteiger partial charge is 0.480 e. The highest BCUT2D eigenvalue weighted by Gasteiger charge is 2.39. The van der Waals surface area contributed by atoms with Gasteiger partial charge < -0.3 is 20.9 Å². The topological polar surface area (TPSA) is 102 Å². The van der Waals surface area contributed by atoms with Crippen LogP contribution >= 0.6 is 0 Å². The van der Waals surface area contributed by atoms with E-state index in [1.54, 1.807) is 6.92 Å². The summed E-state index contributed by atoms with van der Waals surface area (Å²) < 4.78 is 5.02. The Morgan fingerprint density at radius 2 is 2.33 bits per heavy atom. The summed E-state index contributed by atoms with van der Waals surface area (Å²) in [5.41, 5.74) is 4.71. The number of nitrogens with two attached hydrogens (primary N) is 1. The fourth-order valence-electron chi connectivity index (χ4n) is 1.40. The van der Waals surface area contributed by atoms with E-state index in [0.717, 1.165) is 0 Å². The molecule has 1 unspecified atom stereocenters. The minimum atomic E-state index is -1.07. The second kappa shape index (κ2) is 4.59. The Bertz CT molecular complexity index is 261. The lowest BCUT2D eigenvalue weighted by Crippen LogP contribution is -2.57. The zero-order valence-corrected chi connectivity index (χ0v) is 8.66. The highest BCUT2D eigenvalue weighted by atomic mass is 16.5. The molecule has 1 rings (SSSR count). The zero-order chi connectivity index (χ0) is 11.5. The fourth-order valence-corrected chi connectivity index (χ4v) is 1.40. The van der Waals surface area contributed by atoms with E-state index in [1.165, 1.54) is 0 Å². The van der Waals surface area contributed by atoms with Crippen molar-refractivity contribution in [2.75, 3.05) is 13.2 Å². The summed E-state index contributed by atoms with van der Waals surface area (Å²) in [6.07, 6.45) is 0.757. The van der Waals surface area contributed by atoms with Crippen LogP contribution in [0.2, 0.25) is 0 Å². The smallest absolute Gasteiger partial charge is 0.326 e. The van der Waals surface area contributed by atoms with Crippen LogP contribution in [0.15, 0.2) is 0 Å². The third-order valence-electron chi connectivity index (χ3n) is 2.52. The number of nitrogens with one attached hydrogen (secondary N) is 1. The molecule has 15 heavy (non-hydrogen) atoms. The van der Waals surface area contributed by atoms with Crippen molar-refractivity contribution in [2.45, 2.75) is 31.3 Å². The fraction of sp³-hybridized carbons (Fsp3) is 0.778. The molecule has 6 heteroatoms. The van der Waals surface area contributed by atoms with E-state index in [1.807, 2.05) is 0 Å². The molecule has 1 saturated heterocycles. The molecule has 0 radical (unpaired) electrons. The molecule has 0 aromatic heterocycles. The first-order chi connectivity index (χ1) is 6.99. The molecule has 2 atom stereocenters. The number of rotatable bonds is 4. The number of carboxylic acids is 1. The lowest BCUT2D eigenvalue weighted by atomic mass is 9.98. The molecule has 6 nitrogen and oxygen atoms in total. The van der Waals surface area contributed by atoms with E-state index in [-0.39, 0.29) is 6.61 Å². The maximum absolute atomic E-state index is 11.7. The van der Waals surface area contributed by atoms with Gasteiger partial charge in [-0.2, -0.15) is 0 Å². The summed E-state index contributed by atoms with van der Waals surface area (Å²) in [5, 5.41) is 11.2. The van der Waals surface area contributed by atoms with E-state index in [4.69, 9.17) is 15.6 Å². The highest BCUT2D eigenvalue weighted by molar-refractivity contribution is 5.90. The van der Waals surface area contributed by atoms with Gasteiger partial charge in [-0.3, -0.25) is 4.79 Å². The summed E-state index contributed by atoms with van der Waals surface area (Å²) in [4.78, 5) is 22.4. The van der Waals surface area contributed by atoms with E-state index >= 15 is 0 Å². The Labute approximate surface area is 87.8 Å². The number of carbonyl (C=O) groups excluding carboxylic acids is 1. The van der Waals surface area contributed by atoms with Gasteiger partial charge in [-0.15, -0.1) is 0 Å². The van der Waals surface area contributed by atoms with Crippen LogP contribution in [0, 0.1) is 0 Å². The second-order valence-electron chi connectivity index (χ2n) is 3.73. The summed E-state index contributed by atoms with van der Waals surface area (Å²) in [6.45, 7) is 2.27. The lowest BCUT2D eigenvalue weighted by Gasteiger charge is -2.23. The maximum Gasteiger partial charge on any atom is 0.326 e. The highest BCUT2D eigenvalue weighted by Crippen LogP contribution is 2.15. The quantitative estimate of drug-likeness (QED) is 0.564. The first kappa shape index (κ1) is 11.9. The van der Waals surface area contributed by atoms with Crippen LogP contribution in [-0.2, 0) is 14.3 Å². The molecule has 1 fully saturated rings.